The van der Waals surface area contributed by atoms with E-state index in [2.05, 4.69) is 28.2 Å². The highest BCUT2D eigenvalue weighted by Crippen LogP contribution is 2.34. The minimum atomic E-state index is -0.413. The van der Waals surface area contributed by atoms with Crippen LogP contribution in [-0.2, 0) is 16.0 Å². The minimum absolute atomic E-state index is 0.0320. The lowest BCUT2D eigenvalue weighted by Gasteiger charge is -2.36. The summed E-state index contributed by atoms with van der Waals surface area (Å²) in [5.41, 5.74) is 2.89. The molecule has 2 aromatic rings. The van der Waals surface area contributed by atoms with E-state index in [0.29, 0.717) is 29.1 Å². The average molecular weight is 456 g/mol. The zero-order valence-electron chi connectivity index (χ0n) is 18.7. The van der Waals surface area contributed by atoms with Gasteiger partial charge in [-0.05, 0) is 55.4 Å². The van der Waals surface area contributed by atoms with Crippen LogP contribution in [-0.4, -0.2) is 48.2 Å². The van der Waals surface area contributed by atoms with Gasteiger partial charge in [0.1, 0.15) is 11.1 Å². The van der Waals surface area contributed by atoms with Gasteiger partial charge in [-0.1, -0.05) is 24.9 Å². The summed E-state index contributed by atoms with van der Waals surface area (Å²) in [5, 5.41) is 3.84. The van der Waals surface area contributed by atoms with Gasteiger partial charge in [-0.15, -0.1) is 0 Å². The third kappa shape index (κ3) is 4.16. The van der Waals surface area contributed by atoms with Crippen LogP contribution in [0.15, 0.2) is 24.4 Å². The van der Waals surface area contributed by atoms with Gasteiger partial charge in [0.05, 0.1) is 12.3 Å². The summed E-state index contributed by atoms with van der Waals surface area (Å²) in [6, 6.07) is 5.99. The number of fused-ring (bicyclic) bond motifs is 1. The number of halogens is 1. The number of carbonyl (C=O) groups excluding carboxylic acids is 1. The van der Waals surface area contributed by atoms with E-state index < -0.39 is 6.10 Å². The molecule has 2 atom stereocenters. The Morgan fingerprint density at radius 2 is 2.12 bits per heavy atom. The number of hydrogen-bond donors (Lipinski definition) is 1. The van der Waals surface area contributed by atoms with Crippen LogP contribution in [0.4, 0.5) is 23.1 Å². The van der Waals surface area contributed by atoms with Crippen LogP contribution >= 0.6 is 11.6 Å². The van der Waals surface area contributed by atoms with E-state index in [9.17, 15) is 4.79 Å². The molecule has 8 heteroatoms. The van der Waals surface area contributed by atoms with Crippen molar-refractivity contribution in [3.8, 4) is 0 Å². The maximum atomic E-state index is 12.7. The number of rotatable bonds is 6. The van der Waals surface area contributed by atoms with Crippen LogP contribution in [0, 0.1) is 5.92 Å². The van der Waals surface area contributed by atoms with Gasteiger partial charge in [-0.25, -0.2) is 4.98 Å². The average Bonchev–Trinajstić information content (AvgIpc) is 3.25. The number of carbonyl (C=O) groups is 1. The second-order valence-corrected chi connectivity index (χ2v) is 9.53. The highest BCUT2D eigenvalue weighted by molar-refractivity contribution is 6.32. The monoisotopic (exact) mass is 455 g/mol. The summed E-state index contributed by atoms with van der Waals surface area (Å²) in [4.78, 5) is 25.8. The Kier molecular flexibility index (Phi) is 5.95. The molecule has 1 aromatic carbocycles. The fourth-order valence-electron chi connectivity index (χ4n) is 4.70. The molecule has 3 aliphatic rings. The molecule has 2 fully saturated rings. The van der Waals surface area contributed by atoms with Gasteiger partial charge in [-0.2, -0.15) is 4.98 Å². The smallest absolute Gasteiger partial charge is 0.256 e. The number of ether oxygens (including phenoxy) is 1. The highest BCUT2D eigenvalue weighted by Gasteiger charge is 2.34. The van der Waals surface area contributed by atoms with Crippen LogP contribution in [0.2, 0.25) is 5.02 Å². The molecule has 2 aliphatic heterocycles. The van der Waals surface area contributed by atoms with E-state index in [1.165, 1.54) is 19.3 Å². The summed E-state index contributed by atoms with van der Waals surface area (Å²) in [6.45, 7) is 4.19. The molecule has 5 rings (SSSR count). The van der Waals surface area contributed by atoms with Gasteiger partial charge < -0.3 is 19.9 Å². The van der Waals surface area contributed by atoms with Crippen molar-refractivity contribution in [1.29, 1.82) is 0 Å². The molecule has 2 unspecified atom stereocenters. The summed E-state index contributed by atoms with van der Waals surface area (Å²) < 4.78 is 6.08. The quantitative estimate of drug-likeness (QED) is 0.688. The van der Waals surface area contributed by atoms with Crippen molar-refractivity contribution in [2.24, 2.45) is 5.92 Å². The van der Waals surface area contributed by atoms with Crippen LogP contribution < -0.4 is 15.1 Å². The Morgan fingerprint density at radius 1 is 1.28 bits per heavy atom. The molecule has 7 nitrogen and oxygen atoms in total. The Labute approximate surface area is 194 Å². The molecule has 0 spiro atoms. The Hall–Kier alpha value is -2.38. The lowest BCUT2D eigenvalue weighted by atomic mass is 9.94. The zero-order valence-corrected chi connectivity index (χ0v) is 19.4. The van der Waals surface area contributed by atoms with Crippen molar-refractivity contribution in [3.63, 3.8) is 0 Å². The van der Waals surface area contributed by atoms with Crippen molar-refractivity contribution in [2.75, 3.05) is 35.3 Å². The fourth-order valence-corrected chi connectivity index (χ4v) is 4.84. The van der Waals surface area contributed by atoms with Crippen molar-refractivity contribution in [3.05, 3.63) is 35.0 Å². The normalized spacial score (nSPS) is 23.3. The largest absolute Gasteiger partial charge is 0.365 e. The first kappa shape index (κ1) is 21.5. The Balaban J connectivity index is 1.35. The second kappa shape index (κ2) is 8.87. The number of nitrogens with zero attached hydrogens (tertiary/aromatic N) is 4. The van der Waals surface area contributed by atoms with E-state index in [1.807, 2.05) is 19.2 Å². The molecule has 1 saturated heterocycles. The van der Waals surface area contributed by atoms with Crippen molar-refractivity contribution in [1.82, 2.24) is 9.97 Å². The third-order valence-electron chi connectivity index (χ3n) is 7.00. The van der Waals surface area contributed by atoms with Crippen LogP contribution in [0.3, 0.4) is 0 Å². The number of amides is 1. The lowest BCUT2D eigenvalue weighted by Crippen LogP contribution is -2.46. The van der Waals surface area contributed by atoms with Crippen LogP contribution in [0.5, 0.6) is 0 Å². The number of anilines is 4. The van der Waals surface area contributed by atoms with Crippen molar-refractivity contribution >= 4 is 40.6 Å². The maximum absolute atomic E-state index is 12.7. The Bertz CT molecular complexity index is 1010. The molecule has 1 aromatic heterocycles. The molecule has 1 amide bonds. The van der Waals surface area contributed by atoms with Gasteiger partial charge in [0.15, 0.2) is 5.82 Å². The summed E-state index contributed by atoms with van der Waals surface area (Å²) in [6.07, 6.45) is 7.68. The van der Waals surface area contributed by atoms with Crippen LogP contribution in [0.25, 0.3) is 0 Å². The standard InChI is InChI=1S/C24H30ClN5O2/c1-3-15-9-10-30(14-15)24-26-13-19(25)22(28-24)27-17-7-8-20-16(11-17)12-21(23(31)29(20)2)32-18-5-4-6-18/h7-8,11,13,15,18,21H,3-6,9-10,12,14H2,1-2H3,(H,26,27,28). The molecular formula is C24H30ClN5O2. The Morgan fingerprint density at radius 3 is 2.84 bits per heavy atom. The summed E-state index contributed by atoms with van der Waals surface area (Å²) in [5.74, 6) is 2.04. The number of benzene rings is 1. The number of aromatic nitrogens is 2. The van der Waals surface area contributed by atoms with E-state index in [4.69, 9.17) is 21.3 Å². The van der Waals surface area contributed by atoms with E-state index >= 15 is 0 Å². The van der Waals surface area contributed by atoms with E-state index in [1.54, 1.807) is 11.1 Å². The van der Waals surface area contributed by atoms with Gasteiger partial charge in [0.25, 0.3) is 5.91 Å². The molecule has 0 radical (unpaired) electrons. The third-order valence-corrected chi connectivity index (χ3v) is 7.28. The summed E-state index contributed by atoms with van der Waals surface area (Å²) >= 11 is 6.42. The molecule has 170 valence electrons. The second-order valence-electron chi connectivity index (χ2n) is 9.12. The predicted molar refractivity (Wildman–Crippen MR) is 127 cm³/mol. The lowest BCUT2D eigenvalue weighted by molar-refractivity contribution is -0.137. The van der Waals surface area contributed by atoms with Gasteiger partial charge in [0.2, 0.25) is 5.95 Å². The topological polar surface area (TPSA) is 70.6 Å². The first-order valence-electron chi connectivity index (χ1n) is 11.6. The first-order valence-corrected chi connectivity index (χ1v) is 12.0. The molecule has 0 bridgehead atoms. The number of hydrogen-bond acceptors (Lipinski definition) is 6. The van der Waals surface area contributed by atoms with Crippen LogP contribution in [0.1, 0.15) is 44.6 Å². The van der Waals surface area contributed by atoms with Gasteiger partial charge in [0, 0.05) is 37.9 Å². The predicted octanol–water partition coefficient (Wildman–Crippen LogP) is 4.57. The highest BCUT2D eigenvalue weighted by atomic mass is 35.5. The molecule has 32 heavy (non-hydrogen) atoms. The molecular weight excluding hydrogens is 426 g/mol. The fraction of sp³-hybridized carbons (Fsp3) is 0.542. The van der Waals surface area contributed by atoms with Gasteiger partial charge in [-0.3, -0.25) is 4.79 Å². The van der Waals surface area contributed by atoms with Crippen molar-refractivity contribution in [2.45, 2.75) is 57.7 Å². The number of likely N-dealkylation sites (N-methyl/N-ethyl adjacent to an activating group) is 1. The SMILES string of the molecule is CCC1CCN(c2ncc(Cl)c(Nc3ccc4c(c3)CC(OC3CCC3)C(=O)N4C)n2)C1. The summed E-state index contributed by atoms with van der Waals surface area (Å²) in [7, 11) is 1.82. The molecule has 3 heterocycles. The van der Waals surface area contributed by atoms with E-state index in [-0.39, 0.29) is 12.0 Å². The van der Waals surface area contributed by atoms with Gasteiger partial charge >= 0.3 is 0 Å². The molecule has 1 aliphatic carbocycles. The van der Waals surface area contributed by atoms with E-state index in [0.717, 1.165) is 42.9 Å². The molecule has 1 N–H and O–H groups in total. The maximum Gasteiger partial charge on any atom is 0.256 e. The van der Waals surface area contributed by atoms with Crippen molar-refractivity contribution < 1.29 is 9.53 Å². The minimum Gasteiger partial charge on any atom is -0.365 e. The first-order chi connectivity index (χ1) is 15.5. The number of nitrogens with one attached hydrogen (secondary N) is 1. The molecule has 1 saturated carbocycles. The zero-order chi connectivity index (χ0) is 22.2.